The van der Waals surface area contributed by atoms with Crippen molar-refractivity contribution in [3.8, 4) is 0 Å². The van der Waals surface area contributed by atoms with Crippen molar-refractivity contribution in [2.45, 2.75) is 64.5 Å². The zero-order valence-corrected chi connectivity index (χ0v) is 18.4. The van der Waals surface area contributed by atoms with E-state index in [1.165, 1.54) is 62.7 Å². The van der Waals surface area contributed by atoms with Gasteiger partial charge in [0.2, 0.25) is 5.95 Å². The van der Waals surface area contributed by atoms with E-state index in [1.54, 1.807) is 0 Å². The van der Waals surface area contributed by atoms with E-state index < -0.39 is 0 Å². The number of benzene rings is 2. The highest BCUT2D eigenvalue weighted by Gasteiger charge is 2.21. The summed E-state index contributed by atoms with van der Waals surface area (Å²) < 4.78 is 2.41. The Morgan fingerprint density at radius 1 is 0.900 bits per heavy atom. The largest absolute Gasteiger partial charge is 0.353 e. The second kappa shape index (κ2) is 10.6. The Kier molecular flexibility index (Phi) is 7.41. The van der Waals surface area contributed by atoms with Gasteiger partial charge in [0.15, 0.2) is 0 Å². The molecule has 0 saturated carbocycles. The minimum Gasteiger partial charge on any atom is -0.353 e. The standard InChI is InChI=1S/C26H36N4/c1-2-3-4-10-18-30-25-14-9-8-13-24(25)28-26(30)27-23-16-20-29(21-17-23)19-15-22-11-6-5-7-12-22/h5-9,11-14,23H,2-4,10,15-21H2,1H3,(H,27,28). The lowest BCUT2D eigenvalue weighted by molar-refractivity contribution is 0.221. The molecule has 0 radical (unpaired) electrons. The topological polar surface area (TPSA) is 33.1 Å². The third kappa shape index (κ3) is 5.42. The lowest BCUT2D eigenvalue weighted by Gasteiger charge is -2.32. The Bertz CT molecular complexity index is 894. The second-order valence-electron chi connectivity index (χ2n) is 8.63. The number of likely N-dealkylation sites (tertiary alicyclic amines) is 1. The maximum Gasteiger partial charge on any atom is 0.204 e. The fraction of sp³-hybridized carbons (Fsp3) is 0.500. The Morgan fingerprint density at radius 3 is 2.47 bits per heavy atom. The van der Waals surface area contributed by atoms with Gasteiger partial charge in [0.05, 0.1) is 11.0 Å². The zero-order chi connectivity index (χ0) is 20.6. The first kappa shape index (κ1) is 20.9. The monoisotopic (exact) mass is 404 g/mol. The lowest BCUT2D eigenvalue weighted by atomic mass is 10.0. The van der Waals surface area contributed by atoms with Crippen LogP contribution in [0.25, 0.3) is 11.0 Å². The number of aromatic nitrogens is 2. The first-order chi connectivity index (χ1) is 14.8. The summed E-state index contributed by atoms with van der Waals surface area (Å²) in [7, 11) is 0. The van der Waals surface area contributed by atoms with Crippen molar-refractivity contribution in [1.82, 2.24) is 14.5 Å². The minimum absolute atomic E-state index is 0.518. The van der Waals surface area contributed by atoms with Crippen molar-refractivity contribution in [2.75, 3.05) is 25.0 Å². The molecule has 1 N–H and O–H groups in total. The highest BCUT2D eigenvalue weighted by Crippen LogP contribution is 2.23. The van der Waals surface area contributed by atoms with E-state index in [1.807, 2.05) is 0 Å². The Morgan fingerprint density at radius 2 is 1.67 bits per heavy atom. The third-order valence-electron chi connectivity index (χ3n) is 6.37. The van der Waals surface area contributed by atoms with Gasteiger partial charge in [-0.3, -0.25) is 0 Å². The summed E-state index contributed by atoms with van der Waals surface area (Å²) in [6.07, 6.45) is 8.63. The number of rotatable bonds is 10. The van der Waals surface area contributed by atoms with Crippen molar-refractivity contribution in [1.29, 1.82) is 0 Å². The van der Waals surface area contributed by atoms with Crippen LogP contribution in [0.1, 0.15) is 51.0 Å². The second-order valence-corrected chi connectivity index (χ2v) is 8.63. The lowest BCUT2D eigenvalue weighted by Crippen LogP contribution is -2.40. The number of fused-ring (bicyclic) bond motifs is 1. The molecule has 1 aliphatic heterocycles. The highest BCUT2D eigenvalue weighted by atomic mass is 15.2. The smallest absolute Gasteiger partial charge is 0.204 e. The number of imidazole rings is 1. The minimum atomic E-state index is 0.518. The molecule has 2 aromatic carbocycles. The van der Waals surface area contributed by atoms with Gasteiger partial charge in [-0.25, -0.2) is 4.98 Å². The summed E-state index contributed by atoms with van der Waals surface area (Å²) in [6.45, 7) is 6.82. The van der Waals surface area contributed by atoms with E-state index in [0.717, 1.165) is 31.0 Å². The Hall–Kier alpha value is -2.33. The number of hydrogen-bond acceptors (Lipinski definition) is 3. The molecular weight excluding hydrogens is 368 g/mol. The van der Waals surface area contributed by atoms with Gasteiger partial charge in [0, 0.05) is 32.2 Å². The summed E-state index contributed by atoms with van der Waals surface area (Å²) in [5.74, 6) is 1.07. The van der Waals surface area contributed by atoms with Crippen molar-refractivity contribution in [2.24, 2.45) is 0 Å². The summed E-state index contributed by atoms with van der Waals surface area (Å²) >= 11 is 0. The maximum absolute atomic E-state index is 4.94. The van der Waals surface area contributed by atoms with Crippen molar-refractivity contribution in [3.05, 3.63) is 60.2 Å². The van der Waals surface area contributed by atoms with Gasteiger partial charge in [-0.15, -0.1) is 0 Å². The van der Waals surface area contributed by atoms with Crippen LogP contribution in [0.15, 0.2) is 54.6 Å². The molecule has 160 valence electrons. The molecule has 0 unspecified atom stereocenters. The molecule has 4 nitrogen and oxygen atoms in total. The number of unbranched alkanes of at least 4 members (excludes halogenated alkanes) is 3. The van der Waals surface area contributed by atoms with Gasteiger partial charge >= 0.3 is 0 Å². The van der Waals surface area contributed by atoms with Crippen LogP contribution in [0.4, 0.5) is 5.95 Å². The molecule has 1 fully saturated rings. The molecule has 4 heteroatoms. The fourth-order valence-electron chi connectivity index (χ4n) is 4.52. The molecule has 2 heterocycles. The van der Waals surface area contributed by atoms with E-state index in [-0.39, 0.29) is 0 Å². The average Bonchev–Trinajstić information content (AvgIpc) is 3.14. The number of piperidine rings is 1. The Labute approximate surface area is 181 Å². The zero-order valence-electron chi connectivity index (χ0n) is 18.4. The van der Waals surface area contributed by atoms with Crippen LogP contribution >= 0.6 is 0 Å². The van der Waals surface area contributed by atoms with Crippen LogP contribution in [-0.4, -0.2) is 40.1 Å². The van der Waals surface area contributed by atoms with Gasteiger partial charge in [0.25, 0.3) is 0 Å². The van der Waals surface area contributed by atoms with E-state index in [2.05, 4.69) is 76.3 Å². The molecule has 30 heavy (non-hydrogen) atoms. The molecule has 0 spiro atoms. The van der Waals surface area contributed by atoms with Crippen molar-refractivity contribution < 1.29 is 0 Å². The van der Waals surface area contributed by atoms with E-state index in [4.69, 9.17) is 4.98 Å². The fourth-order valence-corrected chi connectivity index (χ4v) is 4.52. The SMILES string of the molecule is CCCCCCn1c(NC2CCN(CCc3ccccc3)CC2)nc2ccccc21. The summed E-state index contributed by atoms with van der Waals surface area (Å²) in [6, 6.07) is 19.9. The molecular formula is C26H36N4. The Balaban J connectivity index is 1.33. The first-order valence-electron chi connectivity index (χ1n) is 11.8. The predicted molar refractivity (Wildman–Crippen MR) is 127 cm³/mol. The summed E-state index contributed by atoms with van der Waals surface area (Å²) in [5.41, 5.74) is 3.81. The number of hydrogen-bond donors (Lipinski definition) is 1. The van der Waals surface area contributed by atoms with Crippen LogP contribution in [-0.2, 0) is 13.0 Å². The molecule has 1 aliphatic rings. The maximum atomic E-state index is 4.94. The van der Waals surface area contributed by atoms with Crippen LogP contribution in [0.3, 0.4) is 0 Å². The molecule has 4 rings (SSSR count). The average molecular weight is 405 g/mol. The number of anilines is 1. The summed E-state index contributed by atoms with van der Waals surface area (Å²) in [4.78, 5) is 7.55. The third-order valence-corrected chi connectivity index (χ3v) is 6.37. The number of nitrogens with zero attached hydrogens (tertiary/aromatic N) is 3. The molecule has 0 aliphatic carbocycles. The van der Waals surface area contributed by atoms with Crippen molar-refractivity contribution in [3.63, 3.8) is 0 Å². The van der Waals surface area contributed by atoms with Crippen LogP contribution in [0.2, 0.25) is 0 Å². The molecule has 0 amide bonds. The van der Waals surface area contributed by atoms with Gasteiger partial charge in [0.1, 0.15) is 0 Å². The van der Waals surface area contributed by atoms with Crippen LogP contribution in [0, 0.1) is 0 Å². The summed E-state index contributed by atoms with van der Waals surface area (Å²) in [5, 5.41) is 3.80. The van der Waals surface area contributed by atoms with Gasteiger partial charge in [-0.1, -0.05) is 68.7 Å². The molecule has 0 atom stereocenters. The normalized spacial score (nSPS) is 15.6. The van der Waals surface area contributed by atoms with Gasteiger partial charge in [-0.2, -0.15) is 0 Å². The predicted octanol–water partition coefficient (Wildman–Crippen LogP) is 5.74. The molecule has 0 bridgehead atoms. The van der Waals surface area contributed by atoms with Crippen LogP contribution < -0.4 is 5.32 Å². The van der Waals surface area contributed by atoms with Gasteiger partial charge < -0.3 is 14.8 Å². The molecule has 3 aromatic rings. The highest BCUT2D eigenvalue weighted by molar-refractivity contribution is 5.78. The molecule has 1 saturated heterocycles. The van der Waals surface area contributed by atoms with E-state index >= 15 is 0 Å². The molecule has 1 aromatic heterocycles. The number of aryl methyl sites for hydroxylation is 1. The van der Waals surface area contributed by atoms with E-state index in [9.17, 15) is 0 Å². The van der Waals surface area contributed by atoms with Crippen molar-refractivity contribution >= 4 is 17.0 Å². The first-order valence-corrected chi connectivity index (χ1v) is 11.8. The van der Waals surface area contributed by atoms with E-state index in [0.29, 0.717) is 6.04 Å². The van der Waals surface area contributed by atoms with Gasteiger partial charge in [-0.05, 0) is 43.4 Å². The number of para-hydroxylation sites is 2. The number of nitrogens with one attached hydrogen (secondary N) is 1. The quantitative estimate of drug-likeness (QED) is 0.438. The van der Waals surface area contributed by atoms with Crippen LogP contribution in [0.5, 0.6) is 0 Å².